The average Bonchev–Trinajstić information content (AvgIpc) is 2.97. The fourth-order valence-electron chi connectivity index (χ4n) is 2.18. The van der Waals surface area contributed by atoms with E-state index in [1.807, 2.05) is 0 Å². The molecule has 5 nitrogen and oxygen atoms in total. The number of rotatable bonds is 7. The molecule has 134 valence electrons. The minimum absolute atomic E-state index is 0.0311. The minimum Gasteiger partial charge on any atom is -0.490 e. The molecule has 0 fully saturated rings. The minimum atomic E-state index is -4.35. The van der Waals surface area contributed by atoms with E-state index < -0.39 is 12.7 Å². The summed E-state index contributed by atoms with van der Waals surface area (Å²) >= 11 is 0. The summed E-state index contributed by atoms with van der Waals surface area (Å²) in [6.45, 7) is 2.73. The van der Waals surface area contributed by atoms with Gasteiger partial charge in [0.25, 0.3) is 5.91 Å². The van der Waals surface area contributed by atoms with Crippen LogP contribution in [0.4, 0.5) is 13.2 Å². The maximum atomic E-state index is 12.5. The van der Waals surface area contributed by atoms with Gasteiger partial charge >= 0.3 is 6.18 Å². The van der Waals surface area contributed by atoms with Gasteiger partial charge in [0.15, 0.2) is 0 Å². The number of halogens is 3. The maximum absolute atomic E-state index is 12.5. The van der Waals surface area contributed by atoms with Gasteiger partial charge in [-0.3, -0.25) is 4.79 Å². The van der Waals surface area contributed by atoms with E-state index in [2.05, 4.69) is 11.6 Å². The topological polar surface area (TPSA) is 47.4 Å². The third kappa shape index (κ3) is 5.37. The van der Waals surface area contributed by atoms with Gasteiger partial charge in [0, 0.05) is 25.0 Å². The van der Waals surface area contributed by atoms with Gasteiger partial charge < -0.3 is 14.2 Å². The second-order valence-electron chi connectivity index (χ2n) is 5.37. The van der Waals surface area contributed by atoms with Gasteiger partial charge in [-0.25, -0.2) is 4.98 Å². The number of benzene rings is 1. The Labute approximate surface area is 143 Å². The van der Waals surface area contributed by atoms with Crippen molar-refractivity contribution in [3.05, 3.63) is 60.7 Å². The zero-order chi connectivity index (χ0) is 18.4. The van der Waals surface area contributed by atoms with Gasteiger partial charge in [0.1, 0.15) is 24.7 Å². The van der Waals surface area contributed by atoms with Crippen LogP contribution in [0.1, 0.15) is 16.2 Å². The standard InChI is InChI=1S/C17H18F3N3O2/c1-3-10-25-14-6-4-13(5-7-14)16(24)22(2)11-15-21-8-9-23(15)12-17(18,19)20/h3-9H,1,10-12H2,2H3. The number of carbonyl (C=O) groups excluding carboxylic acids is 1. The molecule has 0 saturated heterocycles. The van der Waals surface area contributed by atoms with Crippen LogP contribution in [0.5, 0.6) is 5.75 Å². The molecule has 0 saturated carbocycles. The Bertz CT molecular complexity index is 723. The molecule has 0 radical (unpaired) electrons. The molecule has 0 spiro atoms. The fraction of sp³-hybridized carbons (Fsp3) is 0.294. The van der Waals surface area contributed by atoms with Crippen molar-refractivity contribution < 1.29 is 22.7 Å². The highest BCUT2D eigenvalue weighted by Gasteiger charge is 2.29. The molecule has 2 rings (SSSR count). The number of alkyl halides is 3. The van der Waals surface area contributed by atoms with Crippen molar-refractivity contribution in [1.82, 2.24) is 14.5 Å². The van der Waals surface area contributed by atoms with Crippen LogP contribution in [0.2, 0.25) is 0 Å². The zero-order valence-corrected chi connectivity index (χ0v) is 13.7. The van der Waals surface area contributed by atoms with Gasteiger partial charge in [-0.15, -0.1) is 0 Å². The molecular formula is C17H18F3N3O2. The molecule has 1 amide bonds. The second kappa shape index (κ2) is 7.87. The van der Waals surface area contributed by atoms with Crippen molar-refractivity contribution >= 4 is 5.91 Å². The smallest absolute Gasteiger partial charge is 0.406 e. The summed E-state index contributed by atoms with van der Waals surface area (Å²) in [5.41, 5.74) is 0.405. The van der Waals surface area contributed by atoms with Crippen LogP contribution >= 0.6 is 0 Å². The monoisotopic (exact) mass is 353 g/mol. The van der Waals surface area contributed by atoms with Gasteiger partial charge in [-0.1, -0.05) is 12.7 Å². The highest BCUT2D eigenvalue weighted by molar-refractivity contribution is 5.94. The number of nitrogens with zero attached hydrogens (tertiary/aromatic N) is 3. The van der Waals surface area contributed by atoms with Crippen molar-refractivity contribution in [2.75, 3.05) is 13.7 Å². The summed E-state index contributed by atoms with van der Waals surface area (Å²) in [4.78, 5) is 17.6. The molecule has 1 aromatic carbocycles. The highest BCUT2D eigenvalue weighted by atomic mass is 19.4. The first-order chi connectivity index (χ1) is 11.8. The molecule has 2 aromatic rings. The van der Waals surface area contributed by atoms with E-state index in [1.54, 1.807) is 30.3 Å². The van der Waals surface area contributed by atoms with Crippen LogP contribution in [0.25, 0.3) is 0 Å². The van der Waals surface area contributed by atoms with E-state index in [9.17, 15) is 18.0 Å². The Morgan fingerprint density at radius 2 is 2.04 bits per heavy atom. The number of aromatic nitrogens is 2. The summed E-state index contributed by atoms with van der Waals surface area (Å²) in [7, 11) is 1.51. The Kier molecular flexibility index (Phi) is 5.84. The normalized spacial score (nSPS) is 11.2. The lowest BCUT2D eigenvalue weighted by Crippen LogP contribution is -2.29. The summed E-state index contributed by atoms with van der Waals surface area (Å²) < 4.78 is 43.9. The first-order valence-electron chi connectivity index (χ1n) is 7.46. The molecule has 0 aliphatic heterocycles. The van der Waals surface area contributed by atoms with E-state index in [1.165, 1.54) is 24.3 Å². The van der Waals surface area contributed by atoms with Crippen LogP contribution in [-0.4, -0.2) is 40.2 Å². The van der Waals surface area contributed by atoms with Crippen LogP contribution in [0, 0.1) is 0 Å². The van der Waals surface area contributed by atoms with Crippen molar-refractivity contribution in [2.45, 2.75) is 19.3 Å². The first kappa shape index (κ1) is 18.6. The lowest BCUT2D eigenvalue weighted by atomic mass is 10.2. The van der Waals surface area contributed by atoms with Crippen molar-refractivity contribution in [1.29, 1.82) is 0 Å². The van der Waals surface area contributed by atoms with E-state index >= 15 is 0 Å². The average molecular weight is 353 g/mol. The molecule has 0 atom stereocenters. The largest absolute Gasteiger partial charge is 0.490 e. The van der Waals surface area contributed by atoms with Crippen molar-refractivity contribution in [2.24, 2.45) is 0 Å². The fourth-order valence-corrected chi connectivity index (χ4v) is 2.18. The van der Waals surface area contributed by atoms with Gasteiger partial charge in [-0.05, 0) is 24.3 Å². The lowest BCUT2D eigenvalue weighted by molar-refractivity contribution is -0.141. The number of ether oxygens (including phenoxy) is 1. The predicted molar refractivity (Wildman–Crippen MR) is 86.2 cm³/mol. The first-order valence-corrected chi connectivity index (χ1v) is 7.46. The van der Waals surface area contributed by atoms with Gasteiger partial charge in [-0.2, -0.15) is 13.2 Å². The maximum Gasteiger partial charge on any atom is 0.406 e. The predicted octanol–water partition coefficient (Wildman–Crippen LogP) is 3.28. The van der Waals surface area contributed by atoms with E-state index in [4.69, 9.17) is 4.74 Å². The second-order valence-corrected chi connectivity index (χ2v) is 5.37. The molecule has 0 aliphatic carbocycles. The number of hydrogen-bond donors (Lipinski definition) is 0. The molecular weight excluding hydrogens is 335 g/mol. The lowest BCUT2D eigenvalue weighted by Gasteiger charge is -2.18. The molecule has 0 unspecified atom stereocenters. The van der Waals surface area contributed by atoms with E-state index in [0.717, 1.165) is 4.57 Å². The molecule has 1 aromatic heterocycles. The van der Waals surface area contributed by atoms with E-state index in [0.29, 0.717) is 17.9 Å². The van der Waals surface area contributed by atoms with Crippen LogP contribution in [-0.2, 0) is 13.1 Å². The van der Waals surface area contributed by atoms with Crippen LogP contribution < -0.4 is 4.74 Å². The molecule has 1 heterocycles. The SMILES string of the molecule is C=CCOc1ccc(C(=O)N(C)Cc2nccn2CC(F)(F)F)cc1. The Balaban J connectivity index is 2.03. The third-order valence-corrected chi connectivity index (χ3v) is 3.35. The highest BCUT2D eigenvalue weighted by Crippen LogP contribution is 2.19. The molecule has 0 aliphatic rings. The number of imidazole rings is 1. The molecule has 0 bridgehead atoms. The Morgan fingerprint density at radius 3 is 2.64 bits per heavy atom. The Morgan fingerprint density at radius 1 is 1.36 bits per heavy atom. The zero-order valence-electron chi connectivity index (χ0n) is 13.7. The Hall–Kier alpha value is -2.77. The summed E-state index contributed by atoms with van der Waals surface area (Å²) in [6.07, 6.45) is -0.215. The quantitative estimate of drug-likeness (QED) is 0.718. The summed E-state index contributed by atoms with van der Waals surface area (Å²) in [5.74, 6) is 0.441. The van der Waals surface area contributed by atoms with Crippen LogP contribution in [0.3, 0.4) is 0 Å². The van der Waals surface area contributed by atoms with Crippen molar-refractivity contribution in [3.8, 4) is 5.75 Å². The molecule has 0 N–H and O–H groups in total. The number of carbonyl (C=O) groups is 1. The summed E-state index contributed by atoms with van der Waals surface area (Å²) in [5, 5.41) is 0. The number of hydrogen-bond acceptors (Lipinski definition) is 3. The number of amides is 1. The molecule has 25 heavy (non-hydrogen) atoms. The van der Waals surface area contributed by atoms with Gasteiger partial charge in [0.2, 0.25) is 0 Å². The van der Waals surface area contributed by atoms with Gasteiger partial charge in [0.05, 0.1) is 6.54 Å². The molecule has 8 heteroatoms. The third-order valence-electron chi connectivity index (χ3n) is 3.35. The van der Waals surface area contributed by atoms with Crippen molar-refractivity contribution in [3.63, 3.8) is 0 Å². The van der Waals surface area contributed by atoms with Crippen LogP contribution in [0.15, 0.2) is 49.3 Å². The summed E-state index contributed by atoms with van der Waals surface area (Å²) in [6, 6.07) is 6.49. The van der Waals surface area contributed by atoms with E-state index in [-0.39, 0.29) is 18.3 Å².